The van der Waals surface area contributed by atoms with Crippen molar-refractivity contribution in [2.75, 3.05) is 26.3 Å². The van der Waals surface area contributed by atoms with E-state index in [1.165, 1.54) is 15.2 Å². The second-order valence-corrected chi connectivity index (χ2v) is 9.67. The van der Waals surface area contributed by atoms with Crippen molar-refractivity contribution in [1.29, 1.82) is 0 Å². The zero-order valence-electron chi connectivity index (χ0n) is 18.1. The molecule has 0 atom stereocenters. The summed E-state index contributed by atoms with van der Waals surface area (Å²) >= 11 is 0. The van der Waals surface area contributed by atoms with Gasteiger partial charge < -0.3 is 10.1 Å². The molecule has 1 N–H and O–H groups in total. The molecule has 1 aromatic heterocycles. The fraction of sp³-hybridized carbons (Fsp3) is 0.348. The van der Waals surface area contributed by atoms with E-state index in [0.29, 0.717) is 55.7 Å². The van der Waals surface area contributed by atoms with Crippen LogP contribution in [0.2, 0.25) is 0 Å². The topological polar surface area (TPSA) is 111 Å². The summed E-state index contributed by atoms with van der Waals surface area (Å²) in [4.78, 5) is 29.4. The monoisotopic (exact) mass is 470 g/mol. The Hall–Kier alpha value is -3.08. The number of morpholine rings is 1. The number of aromatic nitrogens is 2. The minimum Gasteiger partial charge on any atom is -0.379 e. The molecule has 0 radical (unpaired) electrons. The van der Waals surface area contributed by atoms with Crippen LogP contribution in [0.3, 0.4) is 0 Å². The molecule has 0 unspecified atom stereocenters. The van der Waals surface area contributed by atoms with Crippen molar-refractivity contribution in [3.8, 4) is 0 Å². The molecular weight excluding hydrogens is 444 g/mol. The Bertz CT molecular complexity index is 1300. The number of hydrogen-bond donors (Lipinski definition) is 1. The number of sulfonamides is 1. The third-order valence-corrected chi connectivity index (χ3v) is 7.57. The van der Waals surface area contributed by atoms with E-state index in [4.69, 9.17) is 4.74 Å². The van der Waals surface area contributed by atoms with Crippen LogP contribution in [-0.2, 0) is 32.6 Å². The molecule has 0 aliphatic carbocycles. The molecule has 1 fully saturated rings. The highest BCUT2D eigenvalue weighted by molar-refractivity contribution is 7.89. The standard InChI is InChI=1S/C23H26N4O5S/c28-22(10-5-11-26-17-25-20-8-3-2-7-19(20)23(26)29)24-16-18-6-1-4-9-21(18)33(30,31)27-12-14-32-15-13-27/h1-4,6-9,17H,5,10-16H2,(H,24,28). The molecule has 33 heavy (non-hydrogen) atoms. The lowest BCUT2D eigenvalue weighted by Crippen LogP contribution is -2.41. The average Bonchev–Trinajstić information content (AvgIpc) is 2.85. The van der Waals surface area contributed by atoms with Gasteiger partial charge in [-0.3, -0.25) is 14.2 Å². The van der Waals surface area contributed by atoms with E-state index in [1.54, 1.807) is 42.5 Å². The SMILES string of the molecule is O=C(CCCn1cnc2ccccc2c1=O)NCc1ccccc1S(=O)(=O)N1CCOCC1. The number of para-hydroxylation sites is 1. The van der Waals surface area contributed by atoms with E-state index in [2.05, 4.69) is 10.3 Å². The Labute approximate surface area is 192 Å². The second kappa shape index (κ2) is 10.2. The van der Waals surface area contributed by atoms with Gasteiger partial charge in [-0.15, -0.1) is 0 Å². The van der Waals surface area contributed by atoms with Gasteiger partial charge in [0, 0.05) is 32.6 Å². The molecule has 1 aliphatic rings. The van der Waals surface area contributed by atoms with Crippen molar-refractivity contribution < 1.29 is 17.9 Å². The van der Waals surface area contributed by atoms with E-state index < -0.39 is 10.0 Å². The van der Waals surface area contributed by atoms with Crippen LogP contribution >= 0.6 is 0 Å². The van der Waals surface area contributed by atoms with Gasteiger partial charge in [-0.2, -0.15) is 4.31 Å². The maximum atomic E-state index is 13.0. The molecule has 9 nitrogen and oxygen atoms in total. The number of fused-ring (bicyclic) bond motifs is 1. The first-order valence-corrected chi connectivity index (χ1v) is 12.3. The van der Waals surface area contributed by atoms with E-state index in [-0.39, 0.29) is 29.3 Å². The summed E-state index contributed by atoms with van der Waals surface area (Å²) in [5.74, 6) is -0.213. The minimum absolute atomic E-state index is 0.107. The number of rotatable bonds is 8. The molecule has 0 spiro atoms. The van der Waals surface area contributed by atoms with Crippen molar-refractivity contribution in [1.82, 2.24) is 19.2 Å². The van der Waals surface area contributed by atoms with Crippen LogP contribution in [0, 0.1) is 0 Å². The zero-order valence-corrected chi connectivity index (χ0v) is 19.0. The normalized spacial score (nSPS) is 14.9. The molecular formula is C23H26N4O5S. The van der Waals surface area contributed by atoms with Gasteiger partial charge in [0.05, 0.1) is 35.3 Å². The van der Waals surface area contributed by atoms with Crippen LogP contribution in [0.5, 0.6) is 0 Å². The van der Waals surface area contributed by atoms with Gasteiger partial charge in [0.1, 0.15) is 0 Å². The molecule has 10 heteroatoms. The highest BCUT2D eigenvalue weighted by atomic mass is 32.2. The predicted octanol–water partition coefficient (Wildman–Crippen LogP) is 1.51. The summed E-state index contributed by atoms with van der Waals surface area (Å²) in [6, 6.07) is 13.8. The molecule has 1 saturated heterocycles. The molecule has 1 aliphatic heterocycles. The van der Waals surface area contributed by atoms with Gasteiger partial charge >= 0.3 is 0 Å². The van der Waals surface area contributed by atoms with Crippen LogP contribution < -0.4 is 10.9 Å². The van der Waals surface area contributed by atoms with Crippen molar-refractivity contribution in [2.45, 2.75) is 30.8 Å². The molecule has 4 rings (SSSR count). The summed E-state index contributed by atoms with van der Waals surface area (Å²) in [5, 5.41) is 3.34. The molecule has 0 bridgehead atoms. The summed E-state index contributed by atoms with van der Waals surface area (Å²) in [6.45, 7) is 1.84. The Balaban J connectivity index is 1.34. The first-order valence-electron chi connectivity index (χ1n) is 10.8. The molecule has 2 aromatic carbocycles. The van der Waals surface area contributed by atoms with Gasteiger partial charge in [0.25, 0.3) is 5.56 Å². The molecule has 2 heterocycles. The van der Waals surface area contributed by atoms with E-state index in [0.717, 1.165) is 0 Å². The summed E-state index contributed by atoms with van der Waals surface area (Å²) in [7, 11) is -3.66. The number of hydrogen-bond acceptors (Lipinski definition) is 6. The zero-order chi connectivity index (χ0) is 23.3. The number of ether oxygens (including phenoxy) is 1. The third-order valence-electron chi connectivity index (χ3n) is 5.57. The lowest BCUT2D eigenvalue weighted by molar-refractivity contribution is -0.121. The summed E-state index contributed by atoms with van der Waals surface area (Å²) < 4.78 is 34.2. The minimum atomic E-state index is -3.66. The number of nitrogens with one attached hydrogen (secondary N) is 1. The van der Waals surface area contributed by atoms with Crippen LogP contribution in [0.25, 0.3) is 10.9 Å². The lowest BCUT2D eigenvalue weighted by Gasteiger charge is -2.27. The Morgan fingerprint density at radius 2 is 1.79 bits per heavy atom. The van der Waals surface area contributed by atoms with E-state index in [9.17, 15) is 18.0 Å². The molecule has 0 saturated carbocycles. The first kappa shape index (κ1) is 23.1. The van der Waals surface area contributed by atoms with Gasteiger partial charge in [-0.1, -0.05) is 30.3 Å². The number of aryl methyl sites for hydroxylation is 1. The van der Waals surface area contributed by atoms with Crippen molar-refractivity contribution >= 4 is 26.8 Å². The van der Waals surface area contributed by atoms with Crippen LogP contribution in [0.1, 0.15) is 18.4 Å². The fourth-order valence-corrected chi connectivity index (χ4v) is 5.42. The van der Waals surface area contributed by atoms with E-state index in [1.807, 2.05) is 6.07 Å². The number of carbonyl (C=O) groups excluding carboxylic acids is 1. The fourth-order valence-electron chi connectivity index (χ4n) is 3.79. The van der Waals surface area contributed by atoms with Gasteiger partial charge in [-0.25, -0.2) is 13.4 Å². The number of nitrogens with zero attached hydrogens (tertiary/aromatic N) is 3. The van der Waals surface area contributed by atoms with Crippen molar-refractivity contribution in [3.63, 3.8) is 0 Å². The van der Waals surface area contributed by atoms with Crippen LogP contribution in [0.4, 0.5) is 0 Å². The first-order chi connectivity index (χ1) is 16.0. The largest absolute Gasteiger partial charge is 0.379 e. The second-order valence-electron chi connectivity index (χ2n) is 7.76. The smallest absolute Gasteiger partial charge is 0.261 e. The maximum Gasteiger partial charge on any atom is 0.261 e. The molecule has 1 amide bonds. The number of benzene rings is 2. The highest BCUT2D eigenvalue weighted by Crippen LogP contribution is 2.21. The van der Waals surface area contributed by atoms with Crippen molar-refractivity contribution in [3.05, 3.63) is 70.8 Å². The van der Waals surface area contributed by atoms with Gasteiger partial charge in [-0.05, 0) is 30.2 Å². The van der Waals surface area contributed by atoms with Crippen molar-refractivity contribution in [2.24, 2.45) is 0 Å². The average molecular weight is 471 g/mol. The van der Waals surface area contributed by atoms with Gasteiger partial charge in [0.15, 0.2) is 0 Å². The molecule has 174 valence electrons. The van der Waals surface area contributed by atoms with E-state index >= 15 is 0 Å². The van der Waals surface area contributed by atoms with Gasteiger partial charge in [0.2, 0.25) is 15.9 Å². The summed E-state index contributed by atoms with van der Waals surface area (Å²) in [6.07, 6.45) is 2.16. The highest BCUT2D eigenvalue weighted by Gasteiger charge is 2.28. The Morgan fingerprint density at radius 3 is 2.61 bits per heavy atom. The van der Waals surface area contributed by atoms with Crippen LogP contribution in [0.15, 0.2) is 64.5 Å². The lowest BCUT2D eigenvalue weighted by atomic mass is 10.2. The molecule has 3 aromatic rings. The predicted molar refractivity (Wildman–Crippen MR) is 123 cm³/mol. The Morgan fingerprint density at radius 1 is 1.06 bits per heavy atom. The summed E-state index contributed by atoms with van der Waals surface area (Å²) in [5.41, 5.74) is 1.04. The number of amides is 1. The Kier molecular flexibility index (Phi) is 7.17. The third kappa shape index (κ3) is 5.29. The maximum absolute atomic E-state index is 13.0. The van der Waals surface area contributed by atoms with Crippen LogP contribution in [-0.4, -0.2) is 54.5 Å². The number of carbonyl (C=O) groups is 1. The quantitative estimate of drug-likeness (QED) is 0.534.